The first-order valence-electron chi connectivity index (χ1n) is 5.60. The highest BCUT2D eigenvalue weighted by Crippen LogP contribution is 2.27. The smallest absolute Gasteiger partial charge is 0.223 e. The van der Waals surface area contributed by atoms with Crippen LogP contribution in [0.15, 0.2) is 0 Å². The molecule has 4 nitrogen and oxygen atoms in total. The maximum Gasteiger partial charge on any atom is 0.223 e. The molecule has 1 saturated carbocycles. The standard InChI is InChI=1S/C11H22N2O2/c1-8(4-11(15)13(2)3)12-10-5-9(6-10)7-14/h8-10,12,14H,4-7H2,1-3H3. The molecule has 0 aromatic carbocycles. The highest BCUT2D eigenvalue weighted by atomic mass is 16.3. The van der Waals surface area contributed by atoms with Crippen LogP contribution in [0.4, 0.5) is 0 Å². The first-order valence-corrected chi connectivity index (χ1v) is 5.60. The van der Waals surface area contributed by atoms with E-state index in [1.54, 1.807) is 19.0 Å². The van der Waals surface area contributed by atoms with E-state index in [9.17, 15) is 4.79 Å². The lowest BCUT2D eigenvalue weighted by Gasteiger charge is -2.36. The Bertz CT molecular complexity index is 213. The molecule has 1 fully saturated rings. The Morgan fingerprint density at radius 3 is 2.60 bits per heavy atom. The molecule has 1 aliphatic carbocycles. The summed E-state index contributed by atoms with van der Waals surface area (Å²) in [6.07, 6.45) is 2.63. The average Bonchev–Trinajstić information content (AvgIpc) is 2.10. The van der Waals surface area contributed by atoms with Crippen LogP contribution in [0.2, 0.25) is 0 Å². The first kappa shape index (κ1) is 12.5. The molecule has 1 rings (SSSR count). The van der Waals surface area contributed by atoms with Crippen LogP contribution in [-0.2, 0) is 4.79 Å². The lowest BCUT2D eigenvalue weighted by Crippen LogP contribution is -2.47. The van der Waals surface area contributed by atoms with Gasteiger partial charge in [0.1, 0.15) is 0 Å². The Hall–Kier alpha value is -0.610. The number of carbonyl (C=O) groups excluding carboxylic acids is 1. The Kier molecular flexibility index (Phi) is 4.54. The highest BCUT2D eigenvalue weighted by Gasteiger charge is 2.29. The van der Waals surface area contributed by atoms with Crippen LogP contribution in [0.25, 0.3) is 0 Å². The molecule has 0 aromatic rings. The largest absolute Gasteiger partial charge is 0.396 e. The van der Waals surface area contributed by atoms with Crippen molar-refractivity contribution in [2.45, 2.75) is 38.3 Å². The fraction of sp³-hybridized carbons (Fsp3) is 0.909. The van der Waals surface area contributed by atoms with Crippen molar-refractivity contribution in [2.24, 2.45) is 5.92 Å². The molecule has 4 heteroatoms. The molecule has 0 radical (unpaired) electrons. The lowest BCUT2D eigenvalue weighted by molar-refractivity contribution is -0.129. The van der Waals surface area contributed by atoms with Crippen molar-refractivity contribution < 1.29 is 9.90 Å². The van der Waals surface area contributed by atoms with Crippen molar-refractivity contribution in [3.63, 3.8) is 0 Å². The molecule has 0 heterocycles. The van der Waals surface area contributed by atoms with Gasteiger partial charge in [0.15, 0.2) is 0 Å². The summed E-state index contributed by atoms with van der Waals surface area (Å²) >= 11 is 0. The van der Waals surface area contributed by atoms with Gasteiger partial charge >= 0.3 is 0 Å². The summed E-state index contributed by atoms with van der Waals surface area (Å²) in [6, 6.07) is 0.719. The van der Waals surface area contributed by atoms with Gasteiger partial charge in [-0.05, 0) is 25.7 Å². The minimum absolute atomic E-state index is 0.160. The second-order valence-corrected chi connectivity index (χ2v) is 4.78. The van der Waals surface area contributed by atoms with Crippen LogP contribution < -0.4 is 5.32 Å². The van der Waals surface area contributed by atoms with Gasteiger partial charge < -0.3 is 15.3 Å². The maximum absolute atomic E-state index is 11.4. The summed E-state index contributed by atoms with van der Waals surface area (Å²) in [4.78, 5) is 13.0. The fourth-order valence-corrected chi connectivity index (χ4v) is 1.93. The molecule has 1 amide bonds. The summed E-state index contributed by atoms with van der Waals surface area (Å²) in [5.41, 5.74) is 0. The second-order valence-electron chi connectivity index (χ2n) is 4.78. The molecular weight excluding hydrogens is 192 g/mol. The maximum atomic E-state index is 11.4. The molecule has 0 aliphatic heterocycles. The molecule has 2 N–H and O–H groups in total. The van der Waals surface area contributed by atoms with Crippen molar-refractivity contribution in [1.29, 1.82) is 0 Å². The summed E-state index contributed by atoms with van der Waals surface area (Å²) in [6.45, 7) is 2.33. The third-order valence-electron chi connectivity index (χ3n) is 2.99. The Labute approximate surface area is 91.6 Å². The Balaban J connectivity index is 2.14. The van der Waals surface area contributed by atoms with Crippen LogP contribution in [0.5, 0.6) is 0 Å². The number of aliphatic hydroxyl groups excluding tert-OH is 1. The van der Waals surface area contributed by atoms with E-state index >= 15 is 0 Å². The highest BCUT2D eigenvalue weighted by molar-refractivity contribution is 5.76. The minimum Gasteiger partial charge on any atom is -0.396 e. The zero-order valence-corrected chi connectivity index (χ0v) is 9.86. The minimum atomic E-state index is 0.160. The van der Waals surface area contributed by atoms with Crippen molar-refractivity contribution in [2.75, 3.05) is 20.7 Å². The predicted molar refractivity (Wildman–Crippen MR) is 59.5 cm³/mol. The van der Waals surface area contributed by atoms with Crippen LogP contribution in [0, 0.1) is 5.92 Å². The van der Waals surface area contributed by atoms with Gasteiger partial charge in [-0.25, -0.2) is 0 Å². The number of aliphatic hydroxyl groups is 1. The van der Waals surface area contributed by atoms with E-state index in [1.807, 2.05) is 6.92 Å². The van der Waals surface area contributed by atoms with Crippen molar-refractivity contribution in [1.82, 2.24) is 10.2 Å². The third-order valence-corrected chi connectivity index (χ3v) is 2.99. The van der Waals surface area contributed by atoms with E-state index in [-0.39, 0.29) is 11.9 Å². The summed E-state index contributed by atoms with van der Waals surface area (Å²) in [5, 5.41) is 12.3. The summed E-state index contributed by atoms with van der Waals surface area (Å²) < 4.78 is 0. The lowest BCUT2D eigenvalue weighted by atomic mass is 9.80. The van der Waals surface area contributed by atoms with E-state index in [2.05, 4.69) is 5.32 Å². The zero-order chi connectivity index (χ0) is 11.4. The molecule has 1 atom stereocenters. The van der Waals surface area contributed by atoms with Gasteiger partial charge in [-0.2, -0.15) is 0 Å². The molecule has 0 saturated heterocycles. The molecule has 0 spiro atoms. The van der Waals surface area contributed by atoms with Crippen LogP contribution in [0.1, 0.15) is 26.2 Å². The number of carbonyl (C=O) groups is 1. The van der Waals surface area contributed by atoms with Gasteiger partial charge in [-0.15, -0.1) is 0 Å². The van der Waals surface area contributed by atoms with Crippen LogP contribution in [0.3, 0.4) is 0 Å². The van der Waals surface area contributed by atoms with Gasteiger partial charge in [0.05, 0.1) is 0 Å². The molecule has 88 valence electrons. The number of nitrogens with one attached hydrogen (secondary N) is 1. The first-order chi connectivity index (χ1) is 7.02. The van der Waals surface area contributed by atoms with Gasteiger partial charge in [0, 0.05) is 39.2 Å². The van der Waals surface area contributed by atoms with Crippen LogP contribution >= 0.6 is 0 Å². The SMILES string of the molecule is CC(CC(=O)N(C)C)NC1CC(CO)C1. The number of amides is 1. The van der Waals surface area contributed by atoms with Crippen molar-refractivity contribution in [3.8, 4) is 0 Å². The fourth-order valence-electron chi connectivity index (χ4n) is 1.93. The molecule has 15 heavy (non-hydrogen) atoms. The van der Waals surface area contributed by atoms with Crippen molar-refractivity contribution >= 4 is 5.91 Å². The molecule has 0 bridgehead atoms. The topological polar surface area (TPSA) is 52.6 Å². The van der Waals surface area contributed by atoms with Crippen LogP contribution in [-0.4, -0.2) is 48.7 Å². The third kappa shape index (κ3) is 3.80. The Morgan fingerprint density at radius 2 is 2.13 bits per heavy atom. The normalized spacial score (nSPS) is 26.9. The zero-order valence-electron chi connectivity index (χ0n) is 9.86. The molecule has 0 aromatic heterocycles. The second kappa shape index (κ2) is 5.47. The van der Waals surface area contributed by atoms with Gasteiger partial charge in [0.25, 0.3) is 0 Å². The monoisotopic (exact) mass is 214 g/mol. The average molecular weight is 214 g/mol. The molecule has 1 unspecified atom stereocenters. The van der Waals surface area contributed by atoms with Crippen molar-refractivity contribution in [3.05, 3.63) is 0 Å². The molecular formula is C11H22N2O2. The molecule has 1 aliphatic rings. The van der Waals surface area contributed by atoms with E-state index in [0.29, 0.717) is 25.0 Å². The van der Waals surface area contributed by atoms with E-state index < -0.39 is 0 Å². The summed E-state index contributed by atoms with van der Waals surface area (Å²) in [7, 11) is 3.56. The number of rotatable bonds is 5. The number of nitrogens with zero attached hydrogens (tertiary/aromatic N) is 1. The van der Waals surface area contributed by atoms with E-state index in [0.717, 1.165) is 12.8 Å². The number of hydrogen-bond donors (Lipinski definition) is 2. The Morgan fingerprint density at radius 1 is 1.53 bits per heavy atom. The predicted octanol–water partition coefficient (Wildman–Crippen LogP) is 0.214. The van der Waals surface area contributed by atoms with Gasteiger partial charge in [-0.1, -0.05) is 0 Å². The quantitative estimate of drug-likeness (QED) is 0.688. The van der Waals surface area contributed by atoms with E-state index in [4.69, 9.17) is 5.11 Å². The van der Waals surface area contributed by atoms with E-state index in [1.165, 1.54) is 0 Å². The van der Waals surface area contributed by atoms with Gasteiger partial charge in [-0.3, -0.25) is 4.79 Å². The summed E-state index contributed by atoms with van der Waals surface area (Å²) in [5.74, 6) is 0.632. The van der Waals surface area contributed by atoms with Gasteiger partial charge in [0.2, 0.25) is 5.91 Å². The number of hydrogen-bond acceptors (Lipinski definition) is 3.